The summed E-state index contributed by atoms with van der Waals surface area (Å²) in [5.74, 6) is 0.169. The lowest BCUT2D eigenvalue weighted by molar-refractivity contribution is -0.123. The van der Waals surface area contributed by atoms with Gasteiger partial charge in [-0.15, -0.1) is 0 Å². The molecule has 1 atom stereocenters. The molecule has 104 valence electrons. The summed E-state index contributed by atoms with van der Waals surface area (Å²) in [5, 5.41) is 9.32. The molecule has 3 heteroatoms. The molecule has 0 aliphatic carbocycles. The van der Waals surface area contributed by atoms with Gasteiger partial charge in [0.25, 0.3) is 0 Å². The molecule has 3 nitrogen and oxygen atoms in total. The number of nitrogens with zero attached hydrogens (tertiary/aromatic N) is 2. The summed E-state index contributed by atoms with van der Waals surface area (Å²) in [5.41, 5.74) is 2.46. The second-order valence-corrected chi connectivity index (χ2v) is 6.88. The van der Waals surface area contributed by atoms with Crippen LogP contribution in [-0.4, -0.2) is 12.5 Å². The van der Waals surface area contributed by atoms with Crippen molar-refractivity contribution in [2.24, 2.45) is 5.41 Å². The van der Waals surface area contributed by atoms with Crippen molar-refractivity contribution < 1.29 is 4.79 Å². The summed E-state index contributed by atoms with van der Waals surface area (Å²) < 4.78 is 0. The maximum atomic E-state index is 12.9. The van der Waals surface area contributed by atoms with Gasteiger partial charge in [-0.25, -0.2) is 0 Å². The average Bonchev–Trinajstić information content (AvgIpc) is 2.63. The topological polar surface area (TPSA) is 44.1 Å². The van der Waals surface area contributed by atoms with E-state index in [1.807, 2.05) is 31.7 Å². The smallest absolute Gasteiger partial charge is 0.237 e. The van der Waals surface area contributed by atoms with E-state index >= 15 is 0 Å². The van der Waals surface area contributed by atoms with Crippen LogP contribution in [0.5, 0.6) is 0 Å². The van der Waals surface area contributed by atoms with E-state index in [4.69, 9.17) is 0 Å². The molecule has 2 aliphatic rings. The molecule has 3 rings (SSSR count). The number of rotatable bonds is 2. The van der Waals surface area contributed by atoms with Gasteiger partial charge in [-0.3, -0.25) is 4.79 Å². The normalized spacial score (nSPS) is 24.5. The molecule has 0 unspecified atom stereocenters. The summed E-state index contributed by atoms with van der Waals surface area (Å²) in [6.45, 7) is 6.64. The number of hydrogen-bond acceptors (Lipinski definition) is 2. The van der Waals surface area contributed by atoms with Gasteiger partial charge in [0.15, 0.2) is 0 Å². The lowest BCUT2D eigenvalue weighted by atomic mass is 9.71. The van der Waals surface area contributed by atoms with Gasteiger partial charge >= 0.3 is 0 Å². The van der Waals surface area contributed by atoms with Crippen LogP contribution in [0.3, 0.4) is 0 Å². The van der Waals surface area contributed by atoms with E-state index in [-0.39, 0.29) is 5.91 Å². The Morgan fingerprint density at radius 2 is 2.20 bits per heavy atom. The van der Waals surface area contributed by atoms with Crippen molar-refractivity contribution in [3.63, 3.8) is 0 Å². The number of amides is 1. The molecule has 2 aliphatic heterocycles. The van der Waals surface area contributed by atoms with E-state index < -0.39 is 10.8 Å². The Morgan fingerprint density at radius 3 is 2.90 bits per heavy atom. The Kier molecular flexibility index (Phi) is 2.69. The van der Waals surface area contributed by atoms with Crippen molar-refractivity contribution in [1.82, 2.24) is 0 Å². The number of anilines is 1. The molecule has 0 fully saturated rings. The quantitative estimate of drug-likeness (QED) is 0.827. The Hall–Kier alpha value is -1.82. The maximum absolute atomic E-state index is 12.9. The predicted molar refractivity (Wildman–Crippen MR) is 78.5 cm³/mol. The third kappa shape index (κ3) is 1.67. The minimum atomic E-state index is -0.561. The van der Waals surface area contributed by atoms with E-state index in [0.717, 1.165) is 30.6 Å². The number of hydrogen-bond donors (Lipinski definition) is 0. The highest BCUT2D eigenvalue weighted by Gasteiger charge is 2.51. The molecule has 0 bridgehead atoms. The van der Waals surface area contributed by atoms with Crippen LogP contribution in [-0.2, 0) is 16.6 Å². The van der Waals surface area contributed by atoms with E-state index in [1.54, 1.807) is 0 Å². The van der Waals surface area contributed by atoms with Crippen LogP contribution in [0.4, 0.5) is 5.69 Å². The van der Waals surface area contributed by atoms with E-state index in [1.165, 1.54) is 5.56 Å². The SMILES string of the molecule is CC(C)(C#N)C[C@]1(C)C(=O)N2CCCc3cccc1c32. The predicted octanol–water partition coefficient (Wildman–Crippen LogP) is 3.18. The molecular weight excluding hydrogens is 248 g/mol. The summed E-state index contributed by atoms with van der Waals surface area (Å²) in [4.78, 5) is 14.9. The second-order valence-electron chi connectivity index (χ2n) is 6.88. The maximum Gasteiger partial charge on any atom is 0.237 e. The van der Waals surface area contributed by atoms with Crippen LogP contribution in [0.1, 0.15) is 44.7 Å². The van der Waals surface area contributed by atoms with Crippen molar-refractivity contribution in [3.05, 3.63) is 29.3 Å². The molecule has 2 heterocycles. The standard InChI is InChI=1S/C17H20N2O/c1-16(2,11-18)10-17(3)13-8-4-6-12-7-5-9-19(14(12)13)15(17)20/h4,6,8H,5,7,9-10H2,1-3H3/t17-/m0/s1. The molecule has 0 aromatic heterocycles. The highest BCUT2D eigenvalue weighted by molar-refractivity contribution is 6.09. The van der Waals surface area contributed by atoms with Gasteiger partial charge in [0.1, 0.15) is 0 Å². The molecule has 1 aromatic rings. The van der Waals surface area contributed by atoms with Crippen LogP contribution in [0.25, 0.3) is 0 Å². The van der Waals surface area contributed by atoms with E-state index in [9.17, 15) is 10.1 Å². The van der Waals surface area contributed by atoms with Gasteiger partial charge in [-0.1, -0.05) is 18.2 Å². The first-order valence-electron chi connectivity index (χ1n) is 7.25. The van der Waals surface area contributed by atoms with Crippen LogP contribution < -0.4 is 4.90 Å². The zero-order valence-corrected chi connectivity index (χ0v) is 12.4. The Labute approximate surface area is 120 Å². The van der Waals surface area contributed by atoms with Crippen LogP contribution in [0.15, 0.2) is 18.2 Å². The van der Waals surface area contributed by atoms with Crippen molar-refractivity contribution >= 4 is 11.6 Å². The van der Waals surface area contributed by atoms with Gasteiger partial charge < -0.3 is 4.90 Å². The van der Waals surface area contributed by atoms with Gasteiger partial charge in [-0.05, 0) is 51.2 Å². The summed E-state index contributed by atoms with van der Waals surface area (Å²) in [7, 11) is 0. The monoisotopic (exact) mass is 268 g/mol. The van der Waals surface area contributed by atoms with Crippen LogP contribution in [0, 0.1) is 16.7 Å². The fraction of sp³-hybridized carbons (Fsp3) is 0.529. The molecule has 0 saturated carbocycles. The minimum absolute atomic E-state index is 0.169. The molecule has 0 saturated heterocycles. The molecule has 1 aromatic carbocycles. The van der Waals surface area contributed by atoms with Gasteiger partial charge in [0, 0.05) is 6.54 Å². The van der Waals surface area contributed by atoms with Gasteiger partial charge in [-0.2, -0.15) is 5.26 Å². The molecule has 1 amide bonds. The van der Waals surface area contributed by atoms with Crippen LogP contribution >= 0.6 is 0 Å². The zero-order chi connectivity index (χ0) is 14.5. The number of nitriles is 1. The number of carbonyl (C=O) groups is 1. The third-order valence-electron chi connectivity index (χ3n) is 4.63. The van der Waals surface area contributed by atoms with Gasteiger partial charge in [0.2, 0.25) is 5.91 Å². The Bertz CT molecular complexity index is 626. The number of aryl methyl sites for hydroxylation is 1. The molecule has 0 spiro atoms. The first-order valence-corrected chi connectivity index (χ1v) is 7.25. The van der Waals surface area contributed by atoms with Crippen molar-refractivity contribution in [3.8, 4) is 6.07 Å². The highest BCUT2D eigenvalue weighted by Crippen LogP contribution is 2.50. The second kappa shape index (κ2) is 4.09. The average molecular weight is 268 g/mol. The Morgan fingerprint density at radius 1 is 1.45 bits per heavy atom. The lowest BCUT2D eigenvalue weighted by Crippen LogP contribution is -2.42. The Balaban J connectivity index is 2.14. The van der Waals surface area contributed by atoms with Crippen molar-refractivity contribution in [2.45, 2.75) is 45.4 Å². The minimum Gasteiger partial charge on any atom is -0.311 e. The molecule has 20 heavy (non-hydrogen) atoms. The summed E-state index contributed by atoms with van der Waals surface area (Å²) >= 11 is 0. The third-order valence-corrected chi connectivity index (χ3v) is 4.63. The van der Waals surface area contributed by atoms with E-state index in [2.05, 4.69) is 18.2 Å². The van der Waals surface area contributed by atoms with Gasteiger partial charge in [0.05, 0.1) is 22.6 Å². The fourth-order valence-electron chi connectivity index (χ4n) is 3.81. The molecule has 0 N–H and O–H groups in total. The number of benzene rings is 1. The molecular formula is C17H20N2O. The highest BCUT2D eigenvalue weighted by atomic mass is 16.2. The van der Waals surface area contributed by atoms with E-state index in [0.29, 0.717) is 6.42 Å². The first-order chi connectivity index (χ1) is 9.39. The summed E-state index contributed by atoms with van der Waals surface area (Å²) in [6, 6.07) is 8.58. The van der Waals surface area contributed by atoms with Crippen molar-refractivity contribution in [2.75, 3.05) is 11.4 Å². The first kappa shape index (κ1) is 13.2. The zero-order valence-electron chi connectivity index (χ0n) is 12.4. The number of para-hydroxylation sites is 1. The van der Waals surface area contributed by atoms with Crippen LogP contribution in [0.2, 0.25) is 0 Å². The molecule has 0 radical (unpaired) electrons. The summed E-state index contributed by atoms with van der Waals surface area (Å²) in [6.07, 6.45) is 2.65. The van der Waals surface area contributed by atoms with Crippen molar-refractivity contribution in [1.29, 1.82) is 5.26 Å². The fourth-order valence-corrected chi connectivity index (χ4v) is 3.81. The lowest BCUT2D eigenvalue weighted by Gasteiger charge is -2.30. The largest absolute Gasteiger partial charge is 0.311 e. The number of carbonyl (C=O) groups excluding carboxylic acids is 1.